The number of amides is 1. The summed E-state index contributed by atoms with van der Waals surface area (Å²) in [5.41, 5.74) is 3.22. The Morgan fingerprint density at radius 1 is 1.00 bits per heavy atom. The van der Waals surface area contributed by atoms with Crippen LogP contribution in [0.25, 0.3) is 28.1 Å². The lowest BCUT2D eigenvalue weighted by Gasteiger charge is -2.10. The Hall–Kier alpha value is -4.11. The van der Waals surface area contributed by atoms with Crippen molar-refractivity contribution in [2.24, 2.45) is 0 Å². The molecule has 2 heterocycles. The Labute approximate surface area is 194 Å². The van der Waals surface area contributed by atoms with Crippen LogP contribution in [0.2, 0.25) is 0 Å². The molecule has 164 valence electrons. The average Bonchev–Trinajstić information content (AvgIpc) is 3.48. The first kappa shape index (κ1) is 20.8. The van der Waals surface area contributed by atoms with Crippen molar-refractivity contribution in [2.75, 3.05) is 18.2 Å². The van der Waals surface area contributed by atoms with E-state index < -0.39 is 0 Å². The molecule has 3 aromatic carbocycles. The quantitative estimate of drug-likeness (QED) is 0.349. The molecule has 0 spiro atoms. The summed E-state index contributed by atoms with van der Waals surface area (Å²) in [5, 5.41) is 20.8. The summed E-state index contributed by atoms with van der Waals surface area (Å²) in [6.45, 7) is 0. The number of rotatable bonds is 7. The number of thioether (sulfide) groups is 1. The highest BCUT2D eigenvalue weighted by Gasteiger charge is 2.20. The number of aromatic nitrogens is 5. The second-order valence-electron chi connectivity index (χ2n) is 7.16. The molecular weight excluding hydrogens is 436 g/mol. The molecule has 0 atom stereocenters. The lowest BCUT2D eigenvalue weighted by molar-refractivity contribution is -0.113. The van der Waals surface area contributed by atoms with Gasteiger partial charge in [-0.3, -0.25) is 14.5 Å². The van der Waals surface area contributed by atoms with E-state index in [0.717, 1.165) is 22.3 Å². The minimum absolute atomic E-state index is 0.139. The maximum Gasteiger partial charge on any atom is 0.234 e. The molecule has 0 unspecified atom stereocenters. The molecule has 0 saturated carbocycles. The number of aromatic amines is 1. The number of hydrogen-bond acceptors (Lipinski definition) is 6. The van der Waals surface area contributed by atoms with Gasteiger partial charge in [-0.2, -0.15) is 5.10 Å². The van der Waals surface area contributed by atoms with Crippen molar-refractivity contribution in [1.29, 1.82) is 0 Å². The highest BCUT2D eigenvalue weighted by atomic mass is 32.2. The first-order valence-corrected chi connectivity index (χ1v) is 11.2. The molecule has 8 nitrogen and oxygen atoms in total. The minimum atomic E-state index is -0.139. The van der Waals surface area contributed by atoms with Gasteiger partial charge in [0.25, 0.3) is 0 Å². The van der Waals surface area contributed by atoms with E-state index in [-0.39, 0.29) is 11.7 Å². The number of anilines is 1. The number of ether oxygens (including phenoxy) is 1. The van der Waals surface area contributed by atoms with Crippen LogP contribution in [0, 0.1) is 0 Å². The highest BCUT2D eigenvalue weighted by Crippen LogP contribution is 2.31. The van der Waals surface area contributed by atoms with Crippen LogP contribution < -0.4 is 10.1 Å². The fraction of sp³-hybridized carbons (Fsp3) is 0.0833. The fourth-order valence-electron chi connectivity index (χ4n) is 3.46. The largest absolute Gasteiger partial charge is 0.497 e. The van der Waals surface area contributed by atoms with E-state index in [1.807, 2.05) is 59.2 Å². The van der Waals surface area contributed by atoms with Gasteiger partial charge in [-0.1, -0.05) is 48.2 Å². The van der Waals surface area contributed by atoms with Gasteiger partial charge in [0.1, 0.15) is 11.4 Å². The Kier molecular flexibility index (Phi) is 5.77. The predicted octanol–water partition coefficient (Wildman–Crippen LogP) is 4.55. The van der Waals surface area contributed by atoms with Gasteiger partial charge >= 0.3 is 0 Å². The van der Waals surface area contributed by atoms with Crippen LogP contribution in [0.1, 0.15) is 0 Å². The monoisotopic (exact) mass is 456 g/mol. The Bertz CT molecular complexity index is 1400. The van der Waals surface area contributed by atoms with Crippen molar-refractivity contribution in [1.82, 2.24) is 25.0 Å². The lowest BCUT2D eigenvalue weighted by atomic mass is 10.2. The van der Waals surface area contributed by atoms with Crippen LogP contribution in [-0.4, -0.2) is 43.7 Å². The molecule has 1 amide bonds. The predicted molar refractivity (Wildman–Crippen MR) is 129 cm³/mol. The number of nitrogens with one attached hydrogen (secondary N) is 2. The summed E-state index contributed by atoms with van der Waals surface area (Å²) < 4.78 is 7.08. The Balaban J connectivity index is 1.42. The fourth-order valence-corrected chi connectivity index (χ4v) is 4.21. The van der Waals surface area contributed by atoms with Gasteiger partial charge in [-0.25, -0.2) is 0 Å². The van der Waals surface area contributed by atoms with Gasteiger partial charge in [0.2, 0.25) is 5.91 Å². The number of fused-ring (bicyclic) bond motifs is 1. The second kappa shape index (κ2) is 9.17. The molecule has 0 saturated heterocycles. The van der Waals surface area contributed by atoms with Gasteiger partial charge in [-0.15, -0.1) is 10.2 Å². The summed E-state index contributed by atoms with van der Waals surface area (Å²) in [7, 11) is 1.60. The summed E-state index contributed by atoms with van der Waals surface area (Å²) in [6, 6.07) is 24.9. The topological polar surface area (TPSA) is 97.7 Å². The molecule has 33 heavy (non-hydrogen) atoms. The standard InChI is InChI=1S/C24H20N6O2S/c1-32-18-13-11-16(12-14-18)25-21(31)15-33-24-29-28-23(30(24)17-7-3-2-4-8-17)22-19-9-5-6-10-20(19)26-27-22/h2-14H,15H2,1H3,(H,25,31)(H,26,27). The normalized spacial score (nSPS) is 10.9. The lowest BCUT2D eigenvalue weighted by Crippen LogP contribution is -2.14. The molecule has 0 radical (unpaired) electrons. The van der Waals surface area contributed by atoms with E-state index >= 15 is 0 Å². The van der Waals surface area contributed by atoms with E-state index in [0.29, 0.717) is 22.4 Å². The number of H-pyrrole nitrogens is 1. The van der Waals surface area contributed by atoms with Crippen molar-refractivity contribution in [3.63, 3.8) is 0 Å². The third-order valence-electron chi connectivity index (χ3n) is 5.04. The van der Waals surface area contributed by atoms with Gasteiger partial charge in [0.05, 0.1) is 18.4 Å². The summed E-state index contributed by atoms with van der Waals surface area (Å²) in [4.78, 5) is 12.6. The van der Waals surface area contributed by atoms with Gasteiger partial charge < -0.3 is 10.1 Å². The molecule has 0 bridgehead atoms. The van der Waals surface area contributed by atoms with Crippen LogP contribution in [0.3, 0.4) is 0 Å². The molecule has 5 aromatic rings. The second-order valence-corrected chi connectivity index (χ2v) is 8.10. The van der Waals surface area contributed by atoms with E-state index in [9.17, 15) is 4.79 Å². The highest BCUT2D eigenvalue weighted by molar-refractivity contribution is 7.99. The van der Waals surface area contributed by atoms with Gasteiger partial charge in [0, 0.05) is 16.8 Å². The van der Waals surface area contributed by atoms with Crippen molar-refractivity contribution in [3.05, 3.63) is 78.9 Å². The summed E-state index contributed by atoms with van der Waals surface area (Å²) in [5.74, 6) is 1.38. The number of methoxy groups -OCH3 is 1. The van der Waals surface area contributed by atoms with Gasteiger partial charge in [0.15, 0.2) is 11.0 Å². The molecule has 0 aliphatic rings. The maximum absolute atomic E-state index is 12.6. The van der Waals surface area contributed by atoms with Crippen LogP contribution in [0.5, 0.6) is 5.75 Å². The smallest absolute Gasteiger partial charge is 0.234 e. The Morgan fingerprint density at radius 2 is 1.76 bits per heavy atom. The Morgan fingerprint density at radius 3 is 2.55 bits per heavy atom. The molecule has 2 N–H and O–H groups in total. The number of benzene rings is 3. The van der Waals surface area contributed by atoms with Crippen molar-refractivity contribution >= 4 is 34.3 Å². The minimum Gasteiger partial charge on any atom is -0.497 e. The molecule has 9 heteroatoms. The van der Waals surface area contributed by atoms with E-state index in [4.69, 9.17) is 4.74 Å². The van der Waals surface area contributed by atoms with Crippen molar-refractivity contribution in [3.8, 4) is 23.0 Å². The molecule has 2 aromatic heterocycles. The summed E-state index contributed by atoms with van der Waals surface area (Å²) in [6.07, 6.45) is 0. The van der Waals surface area contributed by atoms with E-state index in [1.54, 1.807) is 31.4 Å². The molecular formula is C24H20N6O2S. The van der Waals surface area contributed by atoms with Crippen LogP contribution in [-0.2, 0) is 4.79 Å². The zero-order valence-corrected chi connectivity index (χ0v) is 18.5. The summed E-state index contributed by atoms with van der Waals surface area (Å²) >= 11 is 1.32. The van der Waals surface area contributed by atoms with Crippen LogP contribution in [0.15, 0.2) is 84.0 Å². The third-order valence-corrected chi connectivity index (χ3v) is 5.96. The SMILES string of the molecule is COc1ccc(NC(=O)CSc2nnc(-c3n[nH]c4ccccc34)n2-c2ccccc2)cc1. The zero-order chi connectivity index (χ0) is 22.6. The first-order chi connectivity index (χ1) is 16.2. The number of nitrogens with zero attached hydrogens (tertiary/aromatic N) is 4. The van der Waals surface area contributed by atoms with Gasteiger partial charge in [-0.05, 0) is 42.5 Å². The molecule has 0 aliphatic heterocycles. The molecule has 0 aliphatic carbocycles. The van der Waals surface area contributed by atoms with Crippen molar-refractivity contribution < 1.29 is 9.53 Å². The first-order valence-electron chi connectivity index (χ1n) is 10.2. The van der Waals surface area contributed by atoms with Crippen molar-refractivity contribution in [2.45, 2.75) is 5.16 Å². The number of carbonyl (C=O) groups excluding carboxylic acids is 1. The molecule has 0 fully saturated rings. The van der Waals surface area contributed by atoms with Crippen LogP contribution >= 0.6 is 11.8 Å². The molecule has 5 rings (SSSR count). The maximum atomic E-state index is 12.6. The van der Waals surface area contributed by atoms with E-state index in [1.165, 1.54) is 11.8 Å². The average molecular weight is 457 g/mol. The third kappa shape index (κ3) is 4.31. The zero-order valence-electron chi connectivity index (χ0n) is 17.7. The number of carbonyl (C=O) groups is 1. The number of para-hydroxylation sites is 2. The van der Waals surface area contributed by atoms with E-state index in [2.05, 4.69) is 25.7 Å². The van der Waals surface area contributed by atoms with Crippen LogP contribution in [0.4, 0.5) is 5.69 Å². The number of hydrogen-bond donors (Lipinski definition) is 2.